The van der Waals surface area contributed by atoms with E-state index < -0.39 is 0 Å². The molecule has 0 saturated carbocycles. The molecule has 3 heterocycles. The predicted octanol–water partition coefficient (Wildman–Crippen LogP) is 7.54. The molecule has 178 valence electrons. The first-order valence-corrected chi connectivity index (χ1v) is 12.8. The summed E-state index contributed by atoms with van der Waals surface area (Å²) in [7, 11) is 0. The third-order valence-corrected chi connectivity index (χ3v) is 7.51. The number of rotatable bonds is 5. The van der Waals surface area contributed by atoms with Crippen molar-refractivity contribution < 1.29 is 0 Å². The summed E-state index contributed by atoms with van der Waals surface area (Å²) in [5.41, 5.74) is 7.54. The summed E-state index contributed by atoms with van der Waals surface area (Å²) < 4.78 is 2.18. The first-order valence-electron chi connectivity index (χ1n) is 11.6. The second-order valence-corrected chi connectivity index (χ2v) is 10.0. The van der Waals surface area contributed by atoms with Crippen LogP contribution in [0.15, 0.2) is 72.9 Å². The highest BCUT2D eigenvalue weighted by molar-refractivity contribution is 7.80. The first-order chi connectivity index (χ1) is 16.9. The number of thiocarbonyl (C=S) groups is 1. The first kappa shape index (κ1) is 23.9. The van der Waals surface area contributed by atoms with Crippen molar-refractivity contribution in [3.8, 4) is 5.69 Å². The summed E-state index contributed by atoms with van der Waals surface area (Å²) in [5, 5.41) is 5.46. The molecule has 0 bridgehead atoms. The Balaban J connectivity index is 1.67. The van der Waals surface area contributed by atoms with Crippen LogP contribution in [0.3, 0.4) is 0 Å². The highest BCUT2D eigenvalue weighted by atomic mass is 35.5. The zero-order valence-electron chi connectivity index (χ0n) is 19.8. The number of aryl methyl sites for hydroxylation is 2. The number of aromatic nitrogens is 2. The van der Waals surface area contributed by atoms with E-state index in [-0.39, 0.29) is 12.1 Å². The fraction of sp³-hybridized carbons (Fsp3) is 0.214. The van der Waals surface area contributed by atoms with Crippen LogP contribution < -0.4 is 10.2 Å². The molecule has 2 aromatic heterocycles. The van der Waals surface area contributed by atoms with Crippen molar-refractivity contribution in [2.45, 2.75) is 39.3 Å². The smallest absolute Gasteiger partial charge is 0.174 e. The Morgan fingerprint density at radius 2 is 1.77 bits per heavy atom. The van der Waals surface area contributed by atoms with Gasteiger partial charge in [-0.25, -0.2) is 0 Å². The van der Waals surface area contributed by atoms with Gasteiger partial charge >= 0.3 is 0 Å². The van der Waals surface area contributed by atoms with Crippen LogP contribution in [0.2, 0.25) is 10.0 Å². The molecule has 4 nitrogen and oxygen atoms in total. The number of halogens is 2. The van der Waals surface area contributed by atoms with Crippen LogP contribution in [-0.4, -0.2) is 14.7 Å². The predicted molar refractivity (Wildman–Crippen MR) is 149 cm³/mol. The van der Waals surface area contributed by atoms with E-state index in [9.17, 15) is 0 Å². The Labute approximate surface area is 221 Å². The van der Waals surface area contributed by atoms with E-state index >= 15 is 0 Å². The van der Waals surface area contributed by atoms with Gasteiger partial charge in [-0.1, -0.05) is 48.3 Å². The van der Waals surface area contributed by atoms with Crippen molar-refractivity contribution in [2.75, 3.05) is 4.90 Å². The summed E-state index contributed by atoms with van der Waals surface area (Å²) in [6.07, 6.45) is 2.82. The SMILES string of the molecule is CCc1ccc(N2C(=S)N[C@H](c3ccccn3)[C@H]2c2cc(C)n(-c3ccc(Cl)cc3Cl)c2C)cc1. The van der Waals surface area contributed by atoms with E-state index in [4.69, 9.17) is 35.4 Å². The number of benzene rings is 2. The fourth-order valence-electron chi connectivity index (χ4n) is 4.96. The molecule has 1 N–H and O–H groups in total. The molecule has 0 amide bonds. The van der Waals surface area contributed by atoms with Crippen molar-refractivity contribution >= 4 is 46.2 Å². The Bertz CT molecular complexity index is 1380. The van der Waals surface area contributed by atoms with Gasteiger partial charge in [-0.15, -0.1) is 0 Å². The van der Waals surface area contributed by atoms with Gasteiger partial charge in [-0.2, -0.15) is 0 Å². The van der Waals surface area contributed by atoms with E-state index in [1.165, 1.54) is 5.56 Å². The van der Waals surface area contributed by atoms with Crippen LogP contribution in [0.25, 0.3) is 5.69 Å². The topological polar surface area (TPSA) is 33.1 Å². The molecule has 35 heavy (non-hydrogen) atoms. The lowest BCUT2D eigenvalue weighted by atomic mass is 9.96. The summed E-state index contributed by atoms with van der Waals surface area (Å²) in [4.78, 5) is 6.89. The van der Waals surface area contributed by atoms with Gasteiger partial charge in [0.25, 0.3) is 0 Å². The molecular weight excluding hydrogens is 495 g/mol. The highest BCUT2D eigenvalue weighted by Crippen LogP contribution is 2.44. The van der Waals surface area contributed by atoms with Crippen LogP contribution in [0, 0.1) is 13.8 Å². The second-order valence-electron chi connectivity index (χ2n) is 8.77. The molecule has 0 radical (unpaired) electrons. The molecule has 0 unspecified atom stereocenters. The highest BCUT2D eigenvalue weighted by Gasteiger charge is 2.42. The monoisotopic (exact) mass is 520 g/mol. The standard InChI is InChI=1S/C28H26Cl2N4S/c1-4-19-8-11-21(12-9-19)34-27(26(32-28(34)35)24-7-5-6-14-31-24)22-15-17(2)33(18(22)3)25-13-10-20(29)16-23(25)30/h5-16,26-27H,4H2,1-3H3,(H,32,35)/t26-,27-/m1/s1. The van der Waals surface area contributed by atoms with Crippen molar-refractivity contribution in [2.24, 2.45) is 0 Å². The average molecular weight is 522 g/mol. The lowest BCUT2D eigenvalue weighted by molar-refractivity contribution is 0.565. The van der Waals surface area contributed by atoms with Crippen molar-refractivity contribution in [1.82, 2.24) is 14.9 Å². The third kappa shape index (κ3) is 4.33. The number of hydrogen-bond donors (Lipinski definition) is 1. The van der Waals surface area contributed by atoms with Crippen LogP contribution in [-0.2, 0) is 6.42 Å². The van der Waals surface area contributed by atoms with Crippen molar-refractivity contribution in [3.05, 3.63) is 111 Å². The molecule has 1 aliphatic heterocycles. The van der Waals surface area contributed by atoms with Gasteiger partial charge in [0.15, 0.2) is 5.11 Å². The van der Waals surface area contributed by atoms with E-state index in [0.717, 1.165) is 40.4 Å². The minimum Gasteiger partial charge on any atom is -0.351 e. The number of hydrogen-bond acceptors (Lipinski definition) is 2. The molecule has 7 heteroatoms. The minimum atomic E-state index is -0.107. The van der Waals surface area contributed by atoms with E-state index in [0.29, 0.717) is 15.2 Å². The van der Waals surface area contributed by atoms with Crippen LogP contribution in [0.5, 0.6) is 0 Å². The summed E-state index contributed by atoms with van der Waals surface area (Å²) in [6.45, 7) is 6.38. The number of anilines is 1. The molecule has 1 fully saturated rings. The second kappa shape index (κ2) is 9.65. The lowest BCUT2D eigenvalue weighted by Gasteiger charge is -2.28. The van der Waals surface area contributed by atoms with Gasteiger partial charge in [-0.3, -0.25) is 4.98 Å². The Hall–Kier alpha value is -2.86. The summed E-state index contributed by atoms with van der Waals surface area (Å²) >= 11 is 18.7. The molecule has 0 aliphatic carbocycles. The largest absolute Gasteiger partial charge is 0.351 e. The Morgan fingerprint density at radius 3 is 2.43 bits per heavy atom. The van der Waals surface area contributed by atoms with Gasteiger partial charge in [0, 0.05) is 28.3 Å². The molecule has 4 aromatic rings. The molecule has 0 spiro atoms. The maximum atomic E-state index is 6.62. The number of nitrogens with one attached hydrogen (secondary N) is 1. The molecule has 5 rings (SSSR count). The van der Waals surface area contributed by atoms with E-state index in [1.807, 2.05) is 36.5 Å². The fourth-order valence-corrected chi connectivity index (χ4v) is 5.80. The number of pyridine rings is 1. The van der Waals surface area contributed by atoms with Crippen molar-refractivity contribution in [1.29, 1.82) is 0 Å². The van der Waals surface area contributed by atoms with Gasteiger partial charge in [-0.05, 0) is 92.1 Å². The maximum Gasteiger partial charge on any atom is 0.174 e. The minimum absolute atomic E-state index is 0.0871. The molecule has 1 saturated heterocycles. The van der Waals surface area contributed by atoms with Crippen LogP contribution in [0.4, 0.5) is 5.69 Å². The zero-order chi connectivity index (χ0) is 24.7. The molecule has 2 atom stereocenters. The quantitative estimate of drug-likeness (QED) is 0.275. The normalized spacial score (nSPS) is 17.6. The molecule has 2 aromatic carbocycles. The van der Waals surface area contributed by atoms with Crippen molar-refractivity contribution in [3.63, 3.8) is 0 Å². The average Bonchev–Trinajstić information content (AvgIpc) is 3.35. The van der Waals surface area contributed by atoms with Gasteiger partial charge in [0.2, 0.25) is 0 Å². The lowest BCUT2D eigenvalue weighted by Crippen LogP contribution is -2.29. The maximum absolute atomic E-state index is 6.62. The van der Waals surface area contributed by atoms with Crippen LogP contribution >= 0.6 is 35.4 Å². The summed E-state index contributed by atoms with van der Waals surface area (Å²) in [6, 6.07) is 22.3. The van der Waals surface area contributed by atoms with Gasteiger partial charge < -0.3 is 14.8 Å². The Morgan fingerprint density at radius 1 is 1.00 bits per heavy atom. The Kier molecular flexibility index (Phi) is 6.58. The van der Waals surface area contributed by atoms with Gasteiger partial charge in [0.1, 0.15) is 0 Å². The van der Waals surface area contributed by atoms with E-state index in [1.54, 1.807) is 6.07 Å². The molecule has 1 aliphatic rings. The molecular formula is C28H26Cl2N4S. The summed E-state index contributed by atoms with van der Waals surface area (Å²) in [5.74, 6) is 0. The van der Waals surface area contributed by atoms with Crippen LogP contribution in [0.1, 0.15) is 47.2 Å². The third-order valence-electron chi connectivity index (χ3n) is 6.66. The van der Waals surface area contributed by atoms with E-state index in [2.05, 4.69) is 70.9 Å². The zero-order valence-corrected chi connectivity index (χ0v) is 22.1. The van der Waals surface area contributed by atoms with Gasteiger partial charge in [0.05, 0.1) is 28.5 Å². The number of nitrogens with zero attached hydrogens (tertiary/aromatic N) is 3.